The van der Waals surface area contributed by atoms with Crippen molar-refractivity contribution in [3.05, 3.63) is 59.2 Å². The molecule has 1 heterocycles. The molecule has 1 aromatic heterocycles. The van der Waals surface area contributed by atoms with Crippen molar-refractivity contribution in [2.24, 2.45) is 0 Å². The predicted molar refractivity (Wildman–Crippen MR) is 68.1 cm³/mol. The fraction of sp³-hybridized carbons (Fsp3) is 0.143. The second-order valence-corrected chi connectivity index (χ2v) is 4.09. The van der Waals surface area contributed by atoms with Crippen LogP contribution in [0.3, 0.4) is 0 Å². The van der Waals surface area contributed by atoms with Crippen LogP contribution in [-0.4, -0.2) is 10.9 Å². The number of halogens is 1. The summed E-state index contributed by atoms with van der Waals surface area (Å²) in [7, 11) is 0. The highest BCUT2D eigenvalue weighted by molar-refractivity contribution is 6.04. The van der Waals surface area contributed by atoms with E-state index >= 15 is 0 Å². The zero-order valence-corrected chi connectivity index (χ0v) is 10.2. The number of para-hydroxylation sites is 1. The van der Waals surface area contributed by atoms with E-state index in [1.807, 2.05) is 32.0 Å². The minimum absolute atomic E-state index is 0.292. The summed E-state index contributed by atoms with van der Waals surface area (Å²) in [5.74, 6) is -0.890. The van der Waals surface area contributed by atoms with Gasteiger partial charge in [0.05, 0.1) is 5.56 Å². The number of carbonyl (C=O) groups is 1. The van der Waals surface area contributed by atoms with E-state index in [0.29, 0.717) is 5.56 Å². The third-order valence-electron chi connectivity index (χ3n) is 2.71. The van der Waals surface area contributed by atoms with Crippen LogP contribution in [0.4, 0.5) is 10.1 Å². The predicted octanol–water partition coefficient (Wildman–Crippen LogP) is 3.09. The smallest absolute Gasteiger partial charge is 0.257 e. The van der Waals surface area contributed by atoms with Crippen molar-refractivity contribution < 1.29 is 9.18 Å². The molecular formula is C14H13FN2O. The van der Waals surface area contributed by atoms with Crippen LogP contribution < -0.4 is 5.32 Å². The summed E-state index contributed by atoms with van der Waals surface area (Å²) < 4.78 is 12.7. The van der Waals surface area contributed by atoms with E-state index in [1.165, 1.54) is 18.3 Å². The van der Waals surface area contributed by atoms with Crippen molar-refractivity contribution in [2.75, 3.05) is 5.32 Å². The van der Waals surface area contributed by atoms with E-state index in [9.17, 15) is 9.18 Å². The maximum absolute atomic E-state index is 12.7. The second-order valence-electron chi connectivity index (χ2n) is 4.09. The van der Waals surface area contributed by atoms with E-state index in [0.717, 1.165) is 16.8 Å². The van der Waals surface area contributed by atoms with Crippen LogP contribution in [0.5, 0.6) is 0 Å². The SMILES string of the molecule is Cc1cccc(C)c1NC(=O)c1ccc(F)nc1. The Hall–Kier alpha value is -2.23. The van der Waals surface area contributed by atoms with Crippen molar-refractivity contribution in [1.82, 2.24) is 4.98 Å². The molecule has 2 aromatic rings. The number of benzene rings is 1. The van der Waals surface area contributed by atoms with Gasteiger partial charge in [-0.3, -0.25) is 4.79 Å². The van der Waals surface area contributed by atoms with Gasteiger partial charge in [-0.25, -0.2) is 4.98 Å². The number of nitrogens with zero attached hydrogens (tertiary/aromatic N) is 1. The highest BCUT2D eigenvalue weighted by atomic mass is 19.1. The highest BCUT2D eigenvalue weighted by Crippen LogP contribution is 2.20. The standard InChI is InChI=1S/C14H13FN2O/c1-9-4-3-5-10(2)13(9)17-14(18)11-6-7-12(15)16-8-11/h3-8H,1-2H3,(H,17,18). The van der Waals surface area contributed by atoms with Gasteiger partial charge in [0, 0.05) is 11.9 Å². The number of amides is 1. The van der Waals surface area contributed by atoms with Crippen LogP contribution >= 0.6 is 0 Å². The number of anilines is 1. The number of nitrogens with one attached hydrogen (secondary N) is 1. The van der Waals surface area contributed by atoms with Crippen LogP contribution in [-0.2, 0) is 0 Å². The van der Waals surface area contributed by atoms with Gasteiger partial charge < -0.3 is 5.32 Å². The summed E-state index contributed by atoms with van der Waals surface area (Å²) in [6.45, 7) is 3.84. The summed E-state index contributed by atoms with van der Waals surface area (Å²) in [5, 5.41) is 2.81. The fourth-order valence-electron chi connectivity index (χ4n) is 1.71. The maximum Gasteiger partial charge on any atom is 0.257 e. The molecule has 0 radical (unpaired) electrons. The average Bonchev–Trinajstić information content (AvgIpc) is 2.34. The number of aromatic nitrogens is 1. The van der Waals surface area contributed by atoms with Gasteiger partial charge in [0.15, 0.2) is 0 Å². The van der Waals surface area contributed by atoms with Crippen LogP contribution in [0.2, 0.25) is 0 Å². The number of rotatable bonds is 2. The Morgan fingerprint density at radius 3 is 2.39 bits per heavy atom. The van der Waals surface area contributed by atoms with Gasteiger partial charge in [-0.05, 0) is 37.1 Å². The molecule has 1 N–H and O–H groups in total. The van der Waals surface area contributed by atoms with E-state index in [1.54, 1.807) is 0 Å². The lowest BCUT2D eigenvalue weighted by atomic mass is 10.1. The Labute approximate surface area is 105 Å². The molecule has 3 nitrogen and oxygen atoms in total. The molecule has 0 atom stereocenters. The Balaban J connectivity index is 2.24. The van der Waals surface area contributed by atoms with Gasteiger partial charge >= 0.3 is 0 Å². The number of hydrogen-bond donors (Lipinski definition) is 1. The first-order chi connectivity index (χ1) is 8.58. The molecule has 0 aliphatic heterocycles. The van der Waals surface area contributed by atoms with Crippen molar-refractivity contribution in [3.8, 4) is 0 Å². The molecule has 0 bridgehead atoms. The van der Waals surface area contributed by atoms with Crippen molar-refractivity contribution in [2.45, 2.75) is 13.8 Å². The molecule has 92 valence electrons. The molecule has 2 rings (SSSR count). The van der Waals surface area contributed by atoms with Crippen LogP contribution in [0.1, 0.15) is 21.5 Å². The van der Waals surface area contributed by atoms with Crippen molar-refractivity contribution in [3.63, 3.8) is 0 Å². The van der Waals surface area contributed by atoms with Crippen LogP contribution in [0.15, 0.2) is 36.5 Å². The number of carbonyl (C=O) groups excluding carboxylic acids is 1. The summed E-state index contributed by atoms with van der Waals surface area (Å²) in [4.78, 5) is 15.4. The number of hydrogen-bond acceptors (Lipinski definition) is 2. The molecule has 1 amide bonds. The molecule has 18 heavy (non-hydrogen) atoms. The number of aryl methyl sites for hydroxylation is 2. The minimum atomic E-state index is -0.598. The molecule has 1 aromatic carbocycles. The van der Waals surface area contributed by atoms with Gasteiger partial charge in [0.25, 0.3) is 5.91 Å². The first kappa shape index (κ1) is 12.2. The third-order valence-corrected chi connectivity index (χ3v) is 2.71. The van der Waals surface area contributed by atoms with Crippen molar-refractivity contribution in [1.29, 1.82) is 0 Å². The Bertz CT molecular complexity index is 559. The third kappa shape index (κ3) is 2.53. The fourth-order valence-corrected chi connectivity index (χ4v) is 1.71. The first-order valence-electron chi connectivity index (χ1n) is 5.57. The minimum Gasteiger partial charge on any atom is -0.321 e. The first-order valence-corrected chi connectivity index (χ1v) is 5.57. The second kappa shape index (κ2) is 4.96. The Morgan fingerprint density at radius 1 is 1.17 bits per heavy atom. The summed E-state index contributed by atoms with van der Waals surface area (Å²) >= 11 is 0. The zero-order valence-electron chi connectivity index (χ0n) is 10.2. The van der Waals surface area contributed by atoms with E-state index in [2.05, 4.69) is 10.3 Å². The maximum atomic E-state index is 12.7. The van der Waals surface area contributed by atoms with E-state index in [4.69, 9.17) is 0 Å². The summed E-state index contributed by atoms with van der Waals surface area (Å²) in [6, 6.07) is 8.35. The Kier molecular flexibility index (Phi) is 3.37. The molecular weight excluding hydrogens is 231 g/mol. The largest absolute Gasteiger partial charge is 0.321 e. The molecule has 0 aliphatic carbocycles. The highest BCUT2D eigenvalue weighted by Gasteiger charge is 2.09. The van der Waals surface area contributed by atoms with Crippen LogP contribution in [0.25, 0.3) is 0 Å². The van der Waals surface area contributed by atoms with Crippen molar-refractivity contribution >= 4 is 11.6 Å². The molecule has 0 unspecified atom stereocenters. The number of pyridine rings is 1. The monoisotopic (exact) mass is 244 g/mol. The van der Waals surface area contributed by atoms with Gasteiger partial charge in [-0.1, -0.05) is 18.2 Å². The summed E-state index contributed by atoms with van der Waals surface area (Å²) in [5.41, 5.74) is 3.09. The summed E-state index contributed by atoms with van der Waals surface area (Å²) in [6.07, 6.45) is 1.22. The lowest BCUT2D eigenvalue weighted by Gasteiger charge is -2.11. The lowest BCUT2D eigenvalue weighted by Crippen LogP contribution is -2.14. The van der Waals surface area contributed by atoms with Gasteiger partial charge in [-0.15, -0.1) is 0 Å². The molecule has 0 spiro atoms. The van der Waals surface area contributed by atoms with Gasteiger partial charge in [-0.2, -0.15) is 4.39 Å². The lowest BCUT2D eigenvalue weighted by molar-refractivity contribution is 0.102. The molecule has 4 heteroatoms. The Morgan fingerprint density at radius 2 is 1.83 bits per heavy atom. The molecule has 0 saturated carbocycles. The topological polar surface area (TPSA) is 42.0 Å². The van der Waals surface area contributed by atoms with Gasteiger partial charge in [0.2, 0.25) is 5.95 Å². The normalized spacial score (nSPS) is 10.2. The van der Waals surface area contributed by atoms with E-state index in [-0.39, 0.29) is 5.91 Å². The average molecular weight is 244 g/mol. The molecule has 0 fully saturated rings. The van der Waals surface area contributed by atoms with E-state index < -0.39 is 5.95 Å². The quantitative estimate of drug-likeness (QED) is 0.825. The molecule has 0 saturated heterocycles. The van der Waals surface area contributed by atoms with Crippen LogP contribution in [0, 0.1) is 19.8 Å². The molecule has 0 aliphatic rings. The van der Waals surface area contributed by atoms with Gasteiger partial charge in [0.1, 0.15) is 0 Å². The zero-order chi connectivity index (χ0) is 13.1.